The fourth-order valence-corrected chi connectivity index (χ4v) is 4.25. The van der Waals surface area contributed by atoms with Gasteiger partial charge in [-0.05, 0) is 37.0 Å². The summed E-state index contributed by atoms with van der Waals surface area (Å²) in [6.07, 6.45) is 5.08. The molecule has 1 aliphatic rings. The van der Waals surface area contributed by atoms with Gasteiger partial charge in [0.15, 0.2) is 0 Å². The third-order valence-electron chi connectivity index (χ3n) is 3.72. The smallest absolute Gasteiger partial charge is 0.243 e. The van der Waals surface area contributed by atoms with Gasteiger partial charge in [-0.1, -0.05) is 31.9 Å². The van der Waals surface area contributed by atoms with Crippen molar-refractivity contribution in [2.45, 2.75) is 50.0 Å². The van der Waals surface area contributed by atoms with Crippen molar-refractivity contribution in [3.8, 4) is 0 Å². The Bertz CT molecular complexity index is 551. The molecule has 1 fully saturated rings. The number of hydrogen-bond donors (Lipinski definition) is 0. The lowest BCUT2D eigenvalue weighted by molar-refractivity contribution is -0.111. The molecule has 110 valence electrons. The molecule has 1 atom stereocenters. The molecular formula is C15H21NO3S. The number of benzene rings is 1. The quantitative estimate of drug-likeness (QED) is 0.784. The third-order valence-corrected chi connectivity index (χ3v) is 5.66. The number of sulfonamides is 1. The van der Waals surface area contributed by atoms with E-state index in [0.717, 1.165) is 37.5 Å². The van der Waals surface area contributed by atoms with Crippen LogP contribution < -0.4 is 0 Å². The average molecular weight is 295 g/mol. The Morgan fingerprint density at radius 3 is 2.55 bits per heavy atom. The molecule has 1 aliphatic heterocycles. The van der Waals surface area contributed by atoms with E-state index >= 15 is 0 Å². The second-order valence-corrected chi connectivity index (χ2v) is 7.10. The van der Waals surface area contributed by atoms with Gasteiger partial charge in [-0.25, -0.2) is 8.42 Å². The predicted molar refractivity (Wildman–Crippen MR) is 78.0 cm³/mol. The number of aldehydes is 1. The highest BCUT2D eigenvalue weighted by molar-refractivity contribution is 7.89. The Hall–Kier alpha value is -1.20. The minimum absolute atomic E-state index is 0.283. The van der Waals surface area contributed by atoms with Crippen molar-refractivity contribution in [1.82, 2.24) is 4.31 Å². The van der Waals surface area contributed by atoms with Crippen LogP contribution in [-0.2, 0) is 21.2 Å². The Kier molecular flexibility index (Phi) is 4.94. The zero-order valence-electron chi connectivity index (χ0n) is 11.8. The van der Waals surface area contributed by atoms with E-state index in [9.17, 15) is 13.2 Å². The summed E-state index contributed by atoms with van der Waals surface area (Å²) >= 11 is 0. The van der Waals surface area contributed by atoms with E-state index in [2.05, 4.69) is 6.92 Å². The molecule has 1 aromatic rings. The van der Waals surface area contributed by atoms with Gasteiger partial charge in [-0.3, -0.25) is 0 Å². The fourth-order valence-electron chi connectivity index (χ4n) is 2.62. The van der Waals surface area contributed by atoms with Crippen LogP contribution >= 0.6 is 0 Å². The van der Waals surface area contributed by atoms with Crippen LogP contribution in [0, 0.1) is 0 Å². The van der Waals surface area contributed by atoms with Gasteiger partial charge in [0, 0.05) is 6.54 Å². The first kappa shape index (κ1) is 15.2. The number of carbonyl (C=O) groups excluding carboxylic acids is 1. The first-order chi connectivity index (χ1) is 9.59. The number of rotatable bonds is 5. The van der Waals surface area contributed by atoms with Gasteiger partial charge in [-0.15, -0.1) is 0 Å². The van der Waals surface area contributed by atoms with Gasteiger partial charge in [0.2, 0.25) is 10.0 Å². The summed E-state index contributed by atoms with van der Waals surface area (Å²) in [5, 5.41) is 0. The third kappa shape index (κ3) is 3.10. The normalized spacial score (nSPS) is 20.8. The predicted octanol–water partition coefficient (Wildman–Crippen LogP) is 2.38. The Morgan fingerprint density at radius 2 is 1.95 bits per heavy atom. The van der Waals surface area contributed by atoms with E-state index in [1.54, 1.807) is 12.1 Å². The molecule has 0 bridgehead atoms. The summed E-state index contributed by atoms with van der Waals surface area (Å²) in [7, 11) is -3.55. The fraction of sp³-hybridized carbons (Fsp3) is 0.533. The monoisotopic (exact) mass is 295 g/mol. The zero-order chi connectivity index (χ0) is 14.6. The SMILES string of the molecule is CCCc1ccc(S(=O)(=O)N2CCCCC2C=O)cc1. The Morgan fingerprint density at radius 1 is 1.25 bits per heavy atom. The summed E-state index contributed by atoms with van der Waals surface area (Å²) in [6.45, 7) is 2.52. The molecule has 1 heterocycles. The second kappa shape index (κ2) is 6.50. The van der Waals surface area contributed by atoms with Crippen LogP contribution in [0.4, 0.5) is 0 Å². The van der Waals surface area contributed by atoms with Gasteiger partial charge < -0.3 is 4.79 Å². The van der Waals surface area contributed by atoms with Crippen molar-refractivity contribution in [2.24, 2.45) is 0 Å². The van der Waals surface area contributed by atoms with Crippen LogP contribution in [0.1, 0.15) is 38.2 Å². The standard InChI is InChI=1S/C15H21NO3S/c1-2-5-13-7-9-15(10-8-13)20(18,19)16-11-4-3-6-14(16)12-17/h7-10,12,14H,2-6,11H2,1H3. The van der Waals surface area contributed by atoms with Gasteiger partial charge in [0.25, 0.3) is 0 Å². The van der Waals surface area contributed by atoms with Crippen LogP contribution in [0.3, 0.4) is 0 Å². The molecule has 0 aromatic heterocycles. The molecule has 1 aromatic carbocycles. The van der Waals surface area contributed by atoms with Crippen molar-refractivity contribution in [2.75, 3.05) is 6.54 Å². The molecule has 4 nitrogen and oxygen atoms in total. The minimum atomic E-state index is -3.55. The highest BCUT2D eigenvalue weighted by Crippen LogP contribution is 2.24. The molecule has 0 amide bonds. The van der Waals surface area contributed by atoms with Crippen molar-refractivity contribution in [1.29, 1.82) is 0 Å². The van der Waals surface area contributed by atoms with Crippen LogP contribution in [0.15, 0.2) is 29.2 Å². The minimum Gasteiger partial charge on any atom is -0.302 e. The second-order valence-electron chi connectivity index (χ2n) is 5.21. The maximum atomic E-state index is 12.6. The van der Waals surface area contributed by atoms with Crippen LogP contribution in [0.2, 0.25) is 0 Å². The van der Waals surface area contributed by atoms with Crippen LogP contribution in [-0.4, -0.2) is 31.6 Å². The summed E-state index contributed by atoms with van der Waals surface area (Å²) < 4.78 is 26.5. The van der Waals surface area contributed by atoms with Crippen molar-refractivity contribution < 1.29 is 13.2 Å². The number of aryl methyl sites for hydroxylation is 1. The van der Waals surface area contributed by atoms with E-state index in [0.29, 0.717) is 13.0 Å². The van der Waals surface area contributed by atoms with Crippen molar-refractivity contribution >= 4 is 16.3 Å². The lowest BCUT2D eigenvalue weighted by Gasteiger charge is -2.31. The van der Waals surface area contributed by atoms with Gasteiger partial charge in [-0.2, -0.15) is 4.31 Å². The highest BCUT2D eigenvalue weighted by Gasteiger charge is 2.33. The summed E-state index contributed by atoms with van der Waals surface area (Å²) in [6, 6.07) is 6.50. The van der Waals surface area contributed by atoms with E-state index in [4.69, 9.17) is 0 Å². The summed E-state index contributed by atoms with van der Waals surface area (Å²) in [5.41, 5.74) is 1.14. The molecule has 0 radical (unpaired) electrons. The zero-order valence-corrected chi connectivity index (χ0v) is 12.6. The molecule has 1 saturated heterocycles. The molecule has 20 heavy (non-hydrogen) atoms. The maximum absolute atomic E-state index is 12.6. The molecule has 0 N–H and O–H groups in total. The molecule has 0 aliphatic carbocycles. The summed E-state index contributed by atoms with van der Waals surface area (Å²) in [4.78, 5) is 11.4. The number of carbonyl (C=O) groups is 1. The Balaban J connectivity index is 2.26. The number of hydrogen-bond acceptors (Lipinski definition) is 3. The van der Waals surface area contributed by atoms with Crippen molar-refractivity contribution in [3.63, 3.8) is 0 Å². The first-order valence-electron chi connectivity index (χ1n) is 7.15. The largest absolute Gasteiger partial charge is 0.302 e. The lowest BCUT2D eigenvalue weighted by Crippen LogP contribution is -2.44. The van der Waals surface area contributed by atoms with Crippen LogP contribution in [0.25, 0.3) is 0 Å². The van der Waals surface area contributed by atoms with Gasteiger partial charge >= 0.3 is 0 Å². The lowest BCUT2D eigenvalue weighted by atomic mass is 10.1. The maximum Gasteiger partial charge on any atom is 0.243 e. The number of piperidine rings is 1. The summed E-state index contributed by atoms with van der Waals surface area (Å²) in [5.74, 6) is 0. The van der Waals surface area contributed by atoms with E-state index in [1.165, 1.54) is 4.31 Å². The number of nitrogens with zero attached hydrogens (tertiary/aromatic N) is 1. The molecular weight excluding hydrogens is 274 g/mol. The molecule has 1 unspecified atom stereocenters. The molecule has 5 heteroatoms. The Labute approximate surface area is 120 Å². The van der Waals surface area contributed by atoms with Crippen LogP contribution in [0.5, 0.6) is 0 Å². The first-order valence-corrected chi connectivity index (χ1v) is 8.59. The molecule has 0 spiro atoms. The molecule has 2 rings (SSSR count). The van der Waals surface area contributed by atoms with E-state index in [1.807, 2.05) is 12.1 Å². The van der Waals surface area contributed by atoms with Crippen molar-refractivity contribution in [3.05, 3.63) is 29.8 Å². The van der Waals surface area contributed by atoms with E-state index in [-0.39, 0.29) is 4.90 Å². The topological polar surface area (TPSA) is 54.5 Å². The average Bonchev–Trinajstić information content (AvgIpc) is 2.48. The van der Waals surface area contributed by atoms with E-state index < -0.39 is 16.1 Å². The van der Waals surface area contributed by atoms with Gasteiger partial charge in [0.1, 0.15) is 6.29 Å². The highest BCUT2D eigenvalue weighted by atomic mass is 32.2. The van der Waals surface area contributed by atoms with Gasteiger partial charge in [0.05, 0.1) is 10.9 Å². The molecule has 0 saturated carbocycles.